The van der Waals surface area contributed by atoms with Crippen molar-refractivity contribution in [3.8, 4) is 0 Å². The van der Waals surface area contributed by atoms with Gasteiger partial charge in [-0.1, -0.05) is 126 Å². The number of nitrogens with zero attached hydrogens (tertiary/aromatic N) is 2. The lowest BCUT2D eigenvalue weighted by molar-refractivity contribution is -0.585. The summed E-state index contributed by atoms with van der Waals surface area (Å²) in [5, 5.41) is 0. The SMILES string of the molecule is COC(=O)[n+]1ccc(N(C)C)cc1.c1ccc([B-](c2ccccc2)(c2ccccc2)c2ccccc2)cc1. The fraction of sp³-hybridized carbons (Fsp3) is 0.0909. The van der Waals surface area contributed by atoms with Gasteiger partial charge in [-0.2, -0.15) is 26.6 Å². The van der Waals surface area contributed by atoms with Gasteiger partial charge in [-0.15, -0.1) is 0 Å². The molecule has 0 radical (unpaired) electrons. The minimum atomic E-state index is -1.22. The summed E-state index contributed by atoms with van der Waals surface area (Å²) in [6.45, 7) is 0. The van der Waals surface area contributed by atoms with Crippen LogP contribution in [-0.4, -0.2) is 33.4 Å². The standard InChI is InChI=1S/C24H20B.C9H13N2O2/c1-5-13-21(14-6-1)25(22-15-7-2-8-16-22,23-17-9-3-10-18-23)24-19-11-4-12-20-24;1-10(2)8-4-6-11(7-5-8)9(12)13-3/h1-20H;4-7H,1-3H3/q-1;+1. The average Bonchev–Trinajstić information content (AvgIpc) is 3.00. The molecule has 0 saturated heterocycles. The molecule has 5 heteroatoms. The summed E-state index contributed by atoms with van der Waals surface area (Å²) in [6, 6.07) is 47.2. The topological polar surface area (TPSA) is 33.4 Å². The smallest absolute Gasteiger partial charge is 0.415 e. The number of carbonyl (C=O) groups is 1. The summed E-state index contributed by atoms with van der Waals surface area (Å²) in [7, 11) is 5.24. The largest absolute Gasteiger partial charge is 0.601 e. The number of anilines is 1. The van der Waals surface area contributed by atoms with Crippen molar-refractivity contribution in [2.24, 2.45) is 0 Å². The van der Waals surface area contributed by atoms with Crippen LogP contribution in [0.5, 0.6) is 0 Å². The molecule has 0 amide bonds. The lowest BCUT2D eigenvalue weighted by atomic mass is 9.13. The molecule has 38 heavy (non-hydrogen) atoms. The molecule has 0 saturated carbocycles. The second kappa shape index (κ2) is 12.6. The Hall–Kier alpha value is -4.64. The van der Waals surface area contributed by atoms with Crippen LogP contribution in [0.3, 0.4) is 0 Å². The Labute approximate surface area is 225 Å². The maximum absolute atomic E-state index is 11.0. The van der Waals surface area contributed by atoms with Crippen molar-refractivity contribution in [1.82, 2.24) is 0 Å². The number of hydrogen-bond donors (Lipinski definition) is 0. The number of benzene rings is 4. The molecular weight excluding hydrogens is 467 g/mol. The number of aromatic nitrogens is 1. The molecule has 1 heterocycles. The highest BCUT2D eigenvalue weighted by Crippen LogP contribution is 2.09. The monoisotopic (exact) mass is 500 g/mol. The predicted molar refractivity (Wildman–Crippen MR) is 159 cm³/mol. The van der Waals surface area contributed by atoms with Crippen LogP contribution >= 0.6 is 0 Å². The molecule has 1 aromatic heterocycles. The molecule has 190 valence electrons. The van der Waals surface area contributed by atoms with Gasteiger partial charge >= 0.3 is 6.09 Å². The number of rotatable bonds is 5. The van der Waals surface area contributed by atoms with Crippen LogP contribution in [0.25, 0.3) is 0 Å². The van der Waals surface area contributed by atoms with Crippen LogP contribution in [0.2, 0.25) is 0 Å². The Morgan fingerprint density at radius 2 is 0.895 bits per heavy atom. The highest BCUT2D eigenvalue weighted by molar-refractivity contribution is 7.19. The van der Waals surface area contributed by atoms with Crippen LogP contribution in [0.15, 0.2) is 146 Å². The Morgan fingerprint density at radius 1 is 0.579 bits per heavy atom. The first-order chi connectivity index (χ1) is 18.6. The molecule has 4 aromatic carbocycles. The summed E-state index contributed by atoms with van der Waals surface area (Å²) in [6.07, 6.45) is 1.74. The van der Waals surface area contributed by atoms with Crippen molar-refractivity contribution in [2.75, 3.05) is 26.1 Å². The summed E-state index contributed by atoms with van der Waals surface area (Å²) in [4.78, 5) is 13.0. The van der Waals surface area contributed by atoms with Crippen LogP contribution in [0, 0.1) is 0 Å². The van der Waals surface area contributed by atoms with Crippen molar-refractivity contribution in [2.45, 2.75) is 0 Å². The van der Waals surface area contributed by atoms with E-state index < -0.39 is 6.15 Å². The van der Waals surface area contributed by atoms with Gasteiger partial charge in [-0.3, -0.25) is 0 Å². The number of carbonyl (C=O) groups excluding carboxylic acids is 1. The van der Waals surface area contributed by atoms with E-state index in [4.69, 9.17) is 0 Å². The van der Waals surface area contributed by atoms with Gasteiger partial charge in [0, 0.05) is 31.9 Å². The highest BCUT2D eigenvalue weighted by Gasteiger charge is 2.31. The first-order valence-electron chi connectivity index (χ1n) is 12.7. The zero-order valence-corrected chi connectivity index (χ0v) is 22.1. The summed E-state index contributed by atoms with van der Waals surface area (Å²) in [5.74, 6) is 0. The van der Waals surface area contributed by atoms with Crippen molar-refractivity contribution in [3.05, 3.63) is 146 Å². The van der Waals surface area contributed by atoms with Crippen molar-refractivity contribution in [3.63, 3.8) is 0 Å². The van der Waals surface area contributed by atoms with Crippen LogP contribution in [-0.2, 0) is 4.74 Å². The van der Waals surface area contributed by atoms with Gasteiger partial charge in [0.2, 0.25) is 0 Å². The minimum absolute atomic E-state index is 0.384. The molecule has 0 unspecified atom stereocenters. The quantitative estimate of drug-likeness (QED) is 0.273. The second-order valence-electron chi connectivity index (χ2n) is 9.34. The molecule has 0 aliphatic carbocycles. The third kappa shape index (κ3) is 5.68. The summed E-state index contributed by atoms with van der Waals surface area (Å²) < 4.78 is 5.93. The first kappa shape index (κ1) is 26.4. The van der Waals surface area contributed by atoms with E-state index in [-0.39, 0.29) is 6.09 Å². The van der Waals surface area contributed by atoms with Gasteiger partial charge in [0.05, 0.1) is 7.11 Å². The van der Waals surface area contributed by atoms with E-state index in [1.807, 2.05) is 31.1 Å². The van der Waals surface area contributed by atoms with E-state index >= 15 is 0 Å². The summed E-state index contributed by atoms with van der Waals surface area (Å²) in [5.41, 5.74) is 6.40. The van der Waals surface area contributed by atoms with Gasteiger partial charge in [0.25, 0.3) is 0 Å². The molecule has 4 nitrogen and oxygen atoms in total. The Balaban J connectivity index is 0.000000219. The van der Waals surface area contributed by atoms with E-state index in [0.29, 0.717) is 0 Å². The molecule has 0 aliphatic heterocycles. The van der Waals surface area contributed by atoms with E-state index in [0.717, 1.165) is 5.69 Å². The van der Waals surface area contributed by atoms with E-state index in [2.05, 4.69) is 126 Å². The molecule has 5 aromatic rings. The van der Waals surface area contributed by atoms with Crippen molar-refractivity contribution < 1.29 is 14.1 Å². The maximum atomic E-state index is 11.0. The van der Waals surface area contributed by atoms with Gasteiger partial charge in [0.15, 0.2) is 12.4 Å². The number of hydrogen-bond acceptors (Lipinski definition) is 3. The molecule has 0 aliphatic rings. The maximum Gasteiger partial charge on any atom is 0.601 e. The fourth-order valence-corrected chi connectivity index (χ4v) is 5.07. The number of ether oxygens (including phenoxy) is 1. The molecule has 0 fully saturated rings. The second-order valence-corrected chi connectivity index (χ2v) is 9.34. The number of methoxy groups -OCH3 is 1. The van der Waals surface area contributed by atoms with E-state index in [9.17, 15) is 4.79 Å². The molecule has 0 bridgehead atoms. The first-order valence-corrected chi connectivity index (χ1v) is 12.7. The third-order valence-corrected chi connectivity index (χ3v) is 6.91. The van der Waals surface area contributed by atoms with Crippen molar-refractivity contribution in [1.29, 1.82) is 0 Å². The average molecular weight is 500 g/mol. The molecule has 0 atom stereocenters. The van der Waals surface area contributed by atoms with E-state index in [1.54, 1.807) is 12.4 Å². The van der Waals surface area contributed by atoms with Crippen LogP contribution < -0.4 is 31.3 Å². The zero-order chi connectivity index (χ0) is 26.8. The van der Waals surface area contributed by atoms with Gasteiger partial charge in [-0.25, -0.2) is 0 Å². The van der Waals surface area contributed by atoms with Crippen LogP contribution in [0.1, 0.15) is 0 Å². The summed E-state index contributed by atoms with van der Waals surface area (Å²) >= 11 is 0. The predicted octanol–water partition coefficient (Wildman–Crippen LogP) is 3.72. The van der Waals surface area contributed by atoms with Gasteiger partial charge in [0.1, 0.15) is 6.15 Å². The lowest BCUT2D eigenvalue weighted by Crippen LogP contribution is -2.74. The van der Waals surface area contributed by atoms with Gasteiger partial charge < -0.3 is 9.64 Å². The fourth-order valence-electron chi connectivity index (χ4n) is 5.07. The Bertz CT molecular complexity index is 1250. The third-order valence-electron chi connectivity index (χ3n) is 6.91. The zero-order valence-electron chi connectivity index (χ0n) is 22.1. The molecule has 0 N–H and O–H groups in total. The Morgan fingerprint density at radius 3 is 1.16 bits per heavy atom. The highest BCUT2D eigenvalue weighted by atomic mass is 16.5. The molecule has 5 rings (SSSR count). The normalized spacial score (nSPS) is 10.6. The van der Waals surface area contributed by atoms with Crippen LogP contribution in [0.4, 0.5) is 10.5 Å². The Kier molecular flexibility index (Phi) is 8.73. The van der Waals surface area contributed by atoms with E-state index in [1.165, 1.54) is 33.5 Å². The number of pyridine rings is 1. The van der Waals surface area contributed by atoms with Crippen molar-refractivity contribution >= 4 is 39.8 Å². The molecule has 0 spiro atoms. The van der Waals surface area contributed by atoms with Gasteiger partial charge in [-0.05, 0) is 0 Å². The lowest BCUT2D eigenvalue weighted by Gasteiger charge is -2.44. The molecular formula is C33H33BN2O2. The minimum Gasteiger partial charge on any atom is -0.415 e.